The van der Waals surface area contributed by atoms with E-state index >= 15 is 0 Å². The number of unbranched alkanes of at least 4 members (excludes halogenated alkanes) is 1. The van der Waals surface area contributed by atoms with Gasteiger partial charge >= 0.3 is 0 Å². The van der Waals surface area contributed by atoms with Gasteiger partial charge in [0.15, 0.2) is 0 Å². The molecule has 0 amide bonds. The Morgan fingerprint density at radius 1 is 0.950 bits per heavy atom. The summed E-state index contributed by atoms with van der Waals surface area (Å²) in [6.45, 7) is 3.28. The summed E-state index contributed by atoms with van der Waals surface area (Å²) in [6.07, 6.45) is 3.62. The fourth-order valence-electron chi connectivity index (χ4n) is 2.35. The van der Waals surface area contributed by atoms with Crippen LogP contribution < -0.4 is 5.32 Å². The normalized spacial score (nSPS) is 12.3. The van der Waals surface area contributed by atoms with E-state index in [1.54, 1.807) is 0 Å². The highest BCUT2D eigenvalue weighted by atomic mass is 79.9. The van der Waals surface area contributed by atoms with Crippen LogP contribution in [-0.2, 0) is 6.42 Å². The molecule has 0 saturated carbocycles. The maximum atomic E-state index is 3.61. The molecule has 0 fully saturated rings. The predicted molar refractivity (Wildman–Crippen MR) is 89.9 cm³/mol. The second-order valence-corrected chi connectivity index (χ2v) is 5.99. The maximum Gasteiger partial charge on any atom is 0.0302 e. The molecule has 2 heteroatoms. The summed E-state index contributed by atoms with van der Waals surface area (Å²) < 4.78 is 1.18. The van der Waals surface area contributed by atoms with Gasteiger partial charge in [-0.05, 0) is 49.9 Å². The third-order valence-corrected chi connectivity index (χ3v) is 4.28. The summed E-state index contributed by atoms with van der Waals surface area (Å²) in [6, 6.07) is 19.5. The van der Waals surface area contributed by atoms with Gasteiger partial charge < -0.3 is 5.32 Å². The number of rotatable bonds is 7. The van der Waals surface area contributed by atoms with Gasteiger partial charge in [0.25, 0.3) is 0 Å². The Hall–Kier alpha value is -1.12. The lowest BCUT2D eigenvalue weighted by atomic mass is 10.1. The molecule has 0 aliphatic heterocycles. The zero-order valence-corrected chi connectivity index (χ0v) is 13.6. The van der Waals surface area contributed by atoms with Crippen molar-refractivity contribution in [2.24, 2.45) is 0 Å². The molecule has 20 heavy (non-hydrogen) atoms. The number of aryl methyl sites for hydroxylation is 1. The summed E-state index contributed by atoms with van der Waals surface area (Å²) in [5.74, 6) is 0. The van der Waals surface area contributed by atoms with Crippen LogP contribution in [0.3, 0.4) is 0 Å². The summed E-state index contributed by atoms with van der Waals surface area (Å²) >= 11 is 3.61. The molecule has 0 spiro atoms. The van der Waals surface area contributed by atoms with E-state index in [2.05, 4.69) is 82.8 Å². The quantitative estimate of drug-likeness (QED) is 0.694. The van der Waals surface area contributed by atoms with Gasteiger partial charge in [-0.1, -0.05) is 64.5 Å². The second kappa shape index (κ2) is 8.23. The van der Waals surface area contributed by atoms with Crippen molar-refractivity contribution in [2.45, 2.75) is 32.2 Å². The molecule has 2 rings (SSSR count). The Labute approximate surface area is 130 Å². The molecule has 2 aromatic rings. The minimum Gasteiger partial charge on any atom is -0.310 e. The molecule has 0 aliphatic carbocycles. The highest BCUT2D eigenvalue weighted by Gasteiger charge is 2.07. The smallest absolute Gasteiger partial charge is 0.0302 e. The first-order chi connectivity index (χ1) is 9.77. The van der Waals surface area contributed by atoms with E-state index in [9.17, 15) is 0 Å². The van der Waals surface area contributed by atoms with Crippen LogP contribution >= 0.6 is 15.9 Å². The third-order valence-electron chi connectivity index (χ3n) is 3.56. The highest BCUT2D eigenvalue weighted by Crippen LogP contribution is 2.22. The molecule has 1 N–H and O–H groups in total. The molecule has 1 nitrogen and oxygen atoms in total. The predicted octanol–water partition coefficient (Wildman–Crippen LogP) is 5.12. The largest absolute Gasteiger partial charge is 0.310 e. The standard InChI is InChI=1S/C18H22BrN/c1-15(17-12-5-6-13-18(17)19)20-14-8-7-11-16-9-3-2-4-10-16/h2-6,9-10,12-13,15,20H,7-8,11,14H2,1H3/t15-/m1/s1. The Balaban J connectivity index is 1.67. The Morgan fingerprint density at radius 3 is 2.40 bits per heavy atom. The van der Waals surface area contributed by atoms with E-state index in [1.807, 2.05) is 0 Å². The maximum absolute atomic E-state index is 3.61. The molecule has 0 saturated heterocycles. The Bertz CT molecular complexity index is 510. The lowest BCUT2D eigenvalue weighted by molar-refractivity contribution is 0.545. The molecule has 0 unspecified atom stereocenters. The number of benzene rings is 2. The summed E-state index contributed by atoms with van der Waals surface area (Å²) in [7, 11) is 0. The molecule has 0 bridgehead atoms. The number of nitrogens with one attached hydrogen (secondary N) is 1. The van der Waals surface area contributed by atoms with Gasteiger partial charge in [0, 0.05) is 10.5 Å². The fourth-order valence-corrected chi connectivity index (χ4v) is 2.98. The molecule has 0 aliphatic rings. The topological polar surface area (TPSA) is 12.0 Å². The molecular weight excluding hydrogens is 310 g/mol. The van der Waals surface area contributed by atoms with E-state index in [0.717, 1.165) is 6.54 Å². The van der Waals surface area contributed by atoms with Gasteiger partial charge in [-0.25, -0.2) is 0 Å². The average Bonchev–Trinajstić information content (AvgIpc) is 2.48. The van der Waals surface area contributed by atoms with E-state index in [4.69, 9.17) is 0 Å². The lowest BCUT2D eigenvalue weighted by Gasteiger charge is -2.15. The minimum atomic E-state index is 0.391. The molecule has 106 valence electrons. The van der Waals surface area contributed by atoms with Crippen LogP contribution in [0.5, 0.6) is 0 Å². The monoisotopic (exact) mass is 331 g/mol. The first-order valence-corrected chi connectivity index (χ1v) is 8.08. The van der Waals surface area contributed by atoms with Crippen LogP contribution in [0.4, 0.5) is 0 Å². The van der Waals surface area contributed by atoms with Gasteiger partial charge in [-0.2, -0.15) is 0 Å². The van der Waals surface area contributed by atoms with Gasteiger partial charge in [-0.3, -0.25) is 0 Å². The third kappa shape index (κ3) is 4.77. The first-order valence-electron chi connectivity index (χ1n) is 7.29. The first kappa shape index (κ1) is 15.3. The Kier molecular flexibility index (Phi) is 6.28. The van der Waals surface area contributed by atoms with E-state index < -0.39 is 0 Å². The second-order valence-electron chi connectivity index (χ2n) is 5.14. The van der Waals surface area contributed by atoms with Crippen molar-refractivity contribution in [1.82, 2.24) is 5.32 Å². The van der Waals surface area contributed by atoms with E-state index in [-0.39, 0.29) is 0 Å². The molecule has 1 atom stereocenters. The van der Waals surface area contributed by atoms with Gasteiger partial charge in [-0.15, -0.1) is 0 Å². The molecule has 0 aromatic heterocycles. The zero-order chi connectivity index (χ0) is 14.2. The van der Waals surface area contributed by atoms with Gasteiger partial charge in [0.05, 0.1) is 0 Å². The van der Waals surface area contributed by atoms with Crippen molar-refractivity contribution in [1.29, 1.82) is 0 Å². The highest BCUT2D eigenvalue weighted by molar-refractivity contribution is 9.10. The SMILES string of the molecule is C[C@@H](NCCCCc1ccccc1)c1ccccc1Br. The zero-order valence-electron chi connectivity index (χ0n) is 12.0. The molecular formula is C18H22BrN. The number of hydrogen-bond acceptors (Lipinski definition) is 1. The van der Waals surface area contributed by atoms with Crippen molar-refractivity contribution in [3.8, 4) is 0 Å². The summed E-state index contributed by atoms with van der Waals surface area (Å²) in [5, 5.41) is 3.60. The lowest BCUT2D eigenvalue weighted by Crippen LogP contribution is -2.20. The van der Waals surface area contributed by atoms with Crippen LogP contribution in [0, 0.1) is 0 Å². The fraction of sp³-hybridized carbons (Fsp3) is 0.333. The number of hydrogen-bond donors (Lipinski definition) is 1. The van der Waals surface area contributed by atoms with Crippen LogP contribution in [0.15, 0.2) is 59.1 Å². The van der Waals surface area contributed by atoms with Crippen molar-refractivity contribution in [2.75, 3.05) is 6.54 Å². The van der Waals surface area contributed by atoms with E-state index in [0.29, 0.717) is 6.04 Å². The molecule has 0 radical (unpaired) electrons. The molecule has 0 heterocycles. The van der Waals surface area contributed by atoms with E-state index in [1.165, 1.54) is 34.9 Å². The van der Waals surface area contributed by atoms with Crippen molar-refractivity contribution < 1.29 is 0 Å². The molecule has 2 aromatic carbocycles. The summed E-state index contributed by atoms with van der Waals surface area (Å²) in [4.78, 5) is 0. The van der Waals surface area contributed by atoms with Gasteiger partial charge in [0.1, 0.15) is 0 Å². The Morgan fingerprint density at radius 2 is 1.65 bits per heavy atom. The minimum absolute atomic E-state index is 0.391. The van der Waals surface area contributed by atoms with Crippen molar-refractivity contribution in [3.63, 3.8) is 0 Å². The summed E-state index contributed by atoms with van der Waals surface area (Å²) in [5.41, 5.74) is 2.77. The van der Waals surface area contributed by atoms with Crippen LogP contribution in [-0.4, -0.2) is 6.54 Å². The van der Waals surface area contributed by atoms with Crippen molar-refractivity contribution >= 4 is 15.9 Å². The van der Waals surface area contributed by atoms with Gasteiger partial charge in [0.2, 0.25) is 0 Å². The van der Waals surface area contributed by atoms with Crippen LogP contribution in [0.25, 0.3) is 0 Å². The van der Waals surface area contributed by atoms with Crippen LogP contribution in [0.1, 0.15) is 36.9 Å². The average molecular weight is 332 g/mol. The van der Waals surface area contributed by atoms with Crippen LogP contribution in [0.2, 0.25) is 0 Å². The number of halogens is 1. The van der Waals surface area contributed by atoms with Crippen molar-refractivity contribution in [3.05, 3.63) is 70.2 Å².